The van der Waals surface area contributed by atoms with Gasteiger partial charge in [0.15, 0.2) is 0 Å². The number of halogens is 2. The third-order valence-corrected chi connectivity index (χ3v) is 2.95. The molecule has 1 aromatic rings. The molecule has 0 N–H and O–H groups in total. The summed E-state index contributed by atoms with van der Waals surface area (Å²) in [7, 11) is 0. The Hall–Kier alpha value is -0.710. The Balaban J connectivity index is 2.94. The molecule has 0 spiro atoms. The lowest BCUT2D eigenvalue weighted by Gasteiger charge is -2.12. The van der Waals surface area contributed by atoms with Crippen LogP contribution < -0.4 is 0 Å². The van der Waals surface area contributed by atoms with Gasteiger partial charge in [0, 0.05) is 0 Å². The van der Waals surface area contributed by atoms with Crippen molar-refractivity contribution < 1.29 is 0 Å². The van der Waals surface area contributed by atoms with Crippen molar-refractivity contribution in [2.75, 3.05) is 0 Å². The lowest BCUT2D eigenvalue weighted by Crippen LogP contribution is -2.00. The van der Waals surface area contributed by atoms with E-state index in [4.69, 9.17) is 28.5 Å². The highest BCUT2D eigenvalue weighted by Crippen LogP contribution is 2.29. The molecule has 1 rings (SSSR count). The van der Waals surface area contributed by atoms with Crippen molar-refractivity contribution in [1.29, 1.82) is 5.26 Å². The van der Waals surface area contributed by atoms with Gasteiger partial charge in [-0.05, 0) is 30.0 Å². The summed E-state index contributed by atoms with van der Waals surface area (Å²) in [6, 6.07) is 7.68. The molecule has 0 aliphatic rings. The minimum atomic E-state index is -0.0974. The van der Waals surface area contributed by atoms with Crippen molar-refractivity contribution in [3.63, 3.8) is 0 Å². The first kappa shape index (κ1) is 12.4. The van der Waals surface area contributed by atoms with Gasteiger partial charge in [0.05, 0.1) is 22.0 Å². The Kier molecular flexibility index (Phi) is 4.45. The maximum absolute atomic E-state index is 9.06. The van der Waals surface area contributed by atoms with Crippen LogP contribution in [-0.4, -0.2) is 0 Å². The lowest BCUT2D eigenvalue weighted by atomic mass is 9.92. The van der Waals surface area contributed by atoms with E-state index >= 15 is 0 Å². The summed E-state index contributed by atoms with van der Waals surface area (Å²) in [5.41, 5.74) is 0.945. The van der Waals surface area contributed by atoms with Crippen molar-refractivity contribution in [3.05, 3.63) is 33.8 Å². The van der Waals surface area contributed by atoms with E-state index in [1.54, 1.807) is 12.1 Å². The maximum Gasteiger partial charge on any atom is 0.0715 e. The second-order valence-electron chi connectivity index (χ2n) is 3.98. The van der Waals surface area contributed by atoms with Gasteiger partial charge in [-0.3, -0.25) is 0 Å². The van der Waals surface area contributed by atoms with E-state index in [1.165, 1.54) is 0 Å². The zero-order valence-electron chi connectivity index (χ0n) is 8.80. The molecule has 0 bridgehead atoms. The summed E-state index contributed by atoms with van der Waals surface area (Å²) in [4.78, 5) is 0. The molecule has 0 aliphatic heterocycles. The quantitative estimate of drug-likeness (QED) is 0.756. The Labute approximate surface area is 101 Å². The topological polar surface area (TPSA) is 23.8 Å². The van der Waals surface area contributed by atoms with Crippen LogP contribution in [-0.2, 0) is 0 Å². The summed E-state index contributed by atoms with van der Waals surface area (Å²) in [6.45, 7) is 4.20. The van der Waals surface area contributed by atoms with Crippen molar-refractivity contribution in [1.82, 2.24) is 0 Å². The molecule has 0 saturated heterocycles. The van der Waals surface area contributed by atoms with Crippen LogP contribution in [0, 0.1) is 17.2 Å². The molecule has 80 valence electrons. The fourth-order valence-electron chi connectivity index (χ4n) is 1.46. The molecule has 0 aliphatic carbocycles. The average molecular weight is 242 g/mol. The Morgan fingerprint density at radius 1 is 1.27 bits per heavy atom. The molecule has 1 unspecified atom stereocenters. The highest BCUT2D eigenvalue weighted by molar-refractivity contribution is 6.42. The van der Waals surface area contributed by atoms with Crippen LogP contribution in [0.15, 0.2) is 18.2 Å². The predicted molar refractivity (Wildman–Crippen MR) is 64.3 cm³/mol. The Morgan fingerprint density at radius 3 is 2.40 bits per heavy atom. The van der Waals surface area contributed by atoms with Crippen molar-refractivity contribution in [2.24, 2.45) is 5.92 Å². The zero-order chi connectivity index (χ0) is 11.4. The lowest BCUT2D eigenvalue weighted by molar-refractivity contribution is 0.555. The van der Waals surface area contributed by atoms with Gasteiger partial charge in [0.1, 0.15) is 0 Å². The van der Waals surface area contributed by atoms with Crippen LogP contribution in [0.25, 0.3) is 0 Å². The molecule has 0 saturated carbocycles. The fourth-order valence-corrected chi connectivity index (χ4v) is 1.77. The zero-order valence-corrected chi connectivity index (χ0v) is 10.3. The molecule has 1 aromatic carbocycles. The molecule has 0 fully saturated rings. The van der Waals surface area contributed by atoms with Crippen LogP contribution in [0.2, 0.25) is 10.0 Å². The summed E-state index contributed by atoms with van der Waals surface area (Å²) in [5.74, 6) is 0.392. The molecule has 1 atom stereocenters. The van der Waals surface area contributed by atoms with Gasteiger partial charge < -0.3 is 0 Å². The first-order valence-corrected chi connectivity index (χ1v) is 5.64. The summed E-state index contributed by atoms with van der Waals surface area (Å²) in [5, 5.41) is 10.1. The van der Waals surface area contributed by atoms with E-state index in [1.807, 2.05) is 6.07 Å². The number of hydrogen-bond donors (Lipinski definition) is 0. The normalized spacial score (nSPS) is 12.5. The SMILES string of the molecule is CC(C)CC(C#N)c1ccc(Cl)c(Cl)c1. The second kappa shape index (κ2) is 5.39. The highest BCUT2D eigenvalue weighted by atomic mass is 35.5. The Bertz CT molecular complexity index is 380. The molecule has 0 aromatic heterocycles. The van der Waals surface area contributed by atoms with E-state index in [0.29, 0.717) is 16.0 Å². The van der Waals surface area contributed by atoms with Crippen molar-refractivity contribution >= 4 is 23.2 Å². The predicted octanol–water partition coefficient (Wildman–Crippen LogP) is 4.65. The average Bonchev–Trinajstić information content (AvgIpc) is 2.18. The Morgan fingerprint density at radius 2 is 1.93 bits per heavy atom. The number of benzene rings is 1. The first-order valence-electron chi connectivity index (χ1n) is 4.89. The minimum absolute atomic E-state index is 0.0974. The van der Waals surface area contributed by atoms with Gasteiger partial charge in [-0.15, -0.1) is 0 Å². The molecule has 3 heteroatoms. The monoisotopic (exact) mass is 241 g/mol. The molecule has 15 heavy (non-hydrogen) atoms. The standard InChI is InChI=1S/C12H13Cl2N/c1-8(2)5-10(7-15)9-3-4-11(13)12(14)6-9/h3-4,6,8,10H,5H2,1-2H3. The van der Waals surface area contributed by atoms with E-state index in [9.17, 15) is 0 Å². The summed E-state index contributed by atoms with van der Waals surface area (Å²) in [6.07, 6.45) is 0.842. The van der Waals surface area contributed by atoms with Gasteiger partial charge in [0.25, 0.3) is 0 Å². The van der Waals surface area contributed by atoms with Gasteiger partial charge >= 0.3 is 0 Å². The number of hydrogen-bond acceptors (Lipinski definition) is 1. The molecular formula is C12H13Cl2N. The van der Waals surface area contributed by atoms with Crippen LogP contribution >= 0.6 is 23.2 Å². The van der Waals surface area contributed by atoms with Crippen LogP contribution in [0.3, 0.4) is 0 Å². The highest BCUT2D eigenvalue weighted by Gasteiger charge is 2.13. The molecule has 0 radical (unpaired) electrons. The van der Waals surface area contributed by atoms with Crippen LogP contribution in [0.1, 0.15) is 31.7 Å². The molecular weight excluding hydrogens is 229 g/mol. The van der Waals surface area contributed by atoms with Gasteiger partial charge in [0.2, 0.25) is 0 Å². The van der Waals surface area contributed by atoms with E-state index in [0.717, 1.165) is 12.0 Å². The van der Waals surface area contributed by atoms with Crippen LogP contribution in [0.4, 0.5) is 0 Å². The number of rotatable bonds is 3. The van der Waals surface area contributed by atoms with Gasteiger partial charge in [-0.2, -0.15) is 5.26 Å². The maximum atomic E-state index is 9.06. The van der Waals surface area contributed by atoms with Crippen molar-refractivity contribution in [3.8, 4) is 6.07 Å². The second-order valence-corrected chi connectivity index (χ2v) is 4.80. The molecule has 0 amide bonds. The number of nitrogens with zero attached hydrogens (tertiary/aromatic N) is 1. The third kappa shape index (κ3) is 3.41. The summed E-state index contributed by atoms with van der Waals surface area (Å²) >= 11 is 11.7. The molecule has 1 nitrogen and oxygen atoms in total. The fraction of sp³-hybridized carbons (Fsp3) is 0.417. The minimum Gasteiger partial charge on any atom is -0.198 e. The van der Waals surface area contributed by atoms with E-state index in [-0.39, 0.29) is 5.92 Å². The first-order chi connectivity index (χ1) is 7.04. The van der Waals surface area contributed by atoms with Gasteiger partial charge in [-0.25, -0.2) is 0 Å². The third-order valence-electron chi connectivity index (χ3n) is 2.21. The van der Waals surface area contributed by atoms with Crippen molar-refractivity contribution in [2.45, 2.75) is 26.2 Å². The van der Waals surface area contributed by atoms with Gasteiger partial charge in [-0.1, -0.05) is 43.1 Å². The number of nitriles is 1. The largest absolute Gasteiger partial charge is 0.198 e. The van der Waals surface area contributed by atoms with E-state index in [2.05, 4.69) is 19.9 Å². The molecule has 0 heterocycles. The smallest absolute Gasteiger partial charge is 0.0715 e. The van der Waals surface area contributed by atoms with E-state index < -0.39 is 0 Å². The summed E-state index contributed by atoms with van der Waals surface area (Å²) < 4.78 is 0. The van der Waals surface area contributed by atoms with Crippen LogP contribution in [0.5, 0.6) is 0 Å².